The summed E-state index contributed by atoms with van der Waals surface area (Å²) in [4.78, 5) is 0. The van der Waals surface area contributed by atoms with E-state index in [-0.39, 0.29) is 0 Å². The minimum absolute atomic E-state index is 0.334. The predicted molar refractivity (Wildman–Crippen MR) is 40.3 cm³/mol. The van der Waals surface area contributed by atoms with Crippen molar-refractivity contribution in [2.75, 3.05) is 0 Å². The standard InChI is InChI=1S/C6H12FNO2S/c7-5-1-3-6(4-2-5)11(8,9)10/h5-6H,1-4H2,(H2,8,9,10). The quantitative estimate of drug-likeness (QED) is 0.642. The maximum Gasteiger partial charge on any atom is 0.211 e. The molecular weight excluding hydrogens is 169 g/mol. The zero-order valence-electron chi connectivity index (χ0n) is 6.16. The molecule has 0 aromatic carbocycles. The lowest BCUT2D eigenvalue weighted by molar-refractivity contribution is 0.252. The monoisotopic (exact) mass is 181 g/mol. The van der Waals surface area contributed by atoms with Gasteiger partial charge in [0.05, 0.1) is 5.25 Å². The zero-order valence-corrected chi connectivity index (χ0v) is 6.98. The summed E-state index contributed by atoms with van der Waals surface area (Å²) < 4.78 is 34.0. The van der Waals surface area contributed by atoms with Crippen molar-refractivity contribution in [2.45, 2.75) is 37.1 Å². The summed E-state index contributed by atoms with van der Waals surface area (Å²) in [5.41, 5.74) is 0. The molecule has 0 aromatic heterocycles. The summed E-state index contributed by atoms with van der Waals surface area (Å²) in [7, 11) is -3.42. The Morgan fingerprint density at radius 3 is 2.00 bits per heavy atom. The molecule has 0 aliphatic heterocycles. The zero-order chi connectivity index (χ0) is 8.48. The van der Waals surface area contributed by atoms with Crippen molar-refractivity contribution in [2.24, 2.45) is 5.14 Å². The largest absolute Gasteiger partial charge is 0.247 e. The first-order valence-electron chi connectivity index (χ1n) is 3.66. The number of hydrogen-bond acceptors (Lipinski definition) is 2. The van der Waals surface area contributed by atoms with E-state index < -0.39 is 21.4 Å². The molecule has 0 bridgehead atoms. The lowest BCUT2D eigenvalue weighted by atomic mass is 9.99. The molecular formula is C6H12FNO2S. The van der Waals surface area contributed by atoms with Crippen LogP contribution in [0.4, 0.5) is 4.39 Å². The van der Waals surface area contributed by atoms with Gasteiger partial charge in [-0.3, -0.25) is 0 Å². The van der Waals surface area contributed by atoms with E-state index >= 15 is 0 Å². The molecule has 1 fully saturated rings. The van der Waals surface area contributed by atoms with E-state index in [9.17, 15) is 12.8 Å². The van der Waals surface area contributed by atoms with Crippen molar-refractivity contribution in [1.29, 1.82) is 0 Å². The van der Waals surface area contributed by atoms with Crippen LogP contribution in [0.1, 0.15) is 25.7 Å². The highest BCUT2D eigenvalue weighted by molar-refractivity contribution is 7.89. The summed E-state index contributed by atoms with van der Waals surface area (Å²) in [6, 6.07) is 0. The van der Waals surface area contributed by atoms with Crippen molar-refractivity contribution in [3.05, 3.63) is 0 Å². The van der Waals surface area contributed by atoms with Crippen LogP contribution < -0.4 is 5.14 Å². The lowest BCUT2D eigenvalue weighted by Crippen LogP contribution is -2.32. The minimum atomic E-state index is -3.42. The van der Waals surface area contributed by atoms with Crippen LogP contribution in [0.5, 0.6) is 0 Å². The molecule has 0 aromatic rings. The molecule has 0 unspecified atom stereocenters. The highest BCUT2D eigenvalue weighted by atomic mass is 32.2. The molecule has 0 radical (unpaired) electrons. The maximum atomic E-state index is 12.5. The summed E-state index contributed by atoms with van der Waals surface area (Å²) in [6.07, 6.45) is 0.593. The molecule has 2 N–H and O–H groups in total. The molecule has 66 valence electrons. The molecule has 1 aliphatic carbocycles. The minimum Gasteiger partial charge on any atom is -0.247 e. The number of rotatable bonds is 1. The predicted octanol–water partition coefficient (Wildman–Crippen LogP) is 0.556. The van der Waals surface area contributed by atoms with E-state index in [1.807, 2.05) is 0 Å². The second-order valence-electron chi connectivity index (χ2n) is 2.96. The van der Waals surface area contributed by atoms with Gasteiger partial charge in [0, 0.05) is 0 Å². The summed E-state index contributed by atoms with van der Waals surface area (Å²) in [5, 5.41) is 4.40. The van der Waals surface area contributed by atoms with Crippen LogP contribution in [0, 0.1) is 0 Å². The lowest BCUT2D eigenvalue weighted by Gasteiger charge is -2.21. The Kier molecular flexibility index (Phi) is 2.49. The Morgan fingerprint density at radius 1 is 1.18 bits per heavy atom. The first-order chi connectivity index (χ1) is 5.00. The molecule has 1 saturated carbocycles. The molecule has 0 amide bonds. The molecule has 3 nitrogen and oxygen atoms in total. The smallest absolute Gasteiger partial charge is 0.211 e. The van der Waals surface area contributed by atoms with Crippen molar-refractivity contribution >= 4 is 10.0 Å². The average Bonchev–Trinajstić information content (AvgIpc) is 1.86. The first-order valence-corrected chi connectivity index (χ1v) is 5.27. The van der Waals surface area contributed by atoms with Crippen molar-refractivity contribution in [3.63, 3.8) is 0 Å². The number of primary sulfonamides is 1. The van der Waals surface area contributed by atoms with Crippen LogP contribution in [-0.2, 0) is 10.0 Å². The molecule has 0 atom stereocenters. The molecule has 11 heavy (non-hydrogen) atoms. The Balaban J connectivity index is 2.53. The number of hydrogen-bond donors (Lipinski definition) is 1. The molecule has 1 rings (SSSR count). The van der Waals surface area contributed by atoms with E-state index in [4.69, 9.17) is 5.14 Å². The van der Waals surface area contributed by atoms with Crippen molar-refractivity contribution < 1.29 is 12.8 Å². The summed E-state index contributed by atoms with van der Waals surface area (Å²) >= 11 is 0. The van der Waals surface area contributed by atoms with Crippen LogP contribution >= 0.6 is 0 Å². The Bertz CT molecular complexity index is 219. The van der Waals surface area contributed by atoms with Gasteiger partial charge in [-0.25, -0.2) is 17.9 Å². The Labute approximate surface area is 65.8 Å². The van der Waals surface area contributed by atoms with Gasteiger partial charge in [-0.05, 0) is 25.7 Å². The summed E-state index contributed by atoms with van der Waals surface area (Å²) in [6.45, 7) is 0. The van der Waals surface area contributed by atoms with Crippen molar-refractivity contribution in [3.8, 4) is 0 Å². The van der Waals surface area contributed by atoms with Crippen LogP contribution in [0.2, 0.25) is 0 Å². The van der Waals surface area contributed by atoms with Crippen LogP contribution in [0.15, 0.2) is 0 Å². The van der Waals surface area contributed by atoms with Gasteiger partial charge in [-0.2, -0.15) is 0 Å². The molecule has 0 heterocycles. The fraction of sp³-hybridized carbons (Fsp3) is 1.00. The van der Waals surface area contributed by atoms with Gasteiger partial charge in [0.2, 0.25) is 10.0 Å². The normalized spacial score (nSPS) is 33.6. The molecule has 1 aliphatic rings. The van der Waals surface area contributed by atoms with Gasteiger partial charge in [0.1, 0.15) is 6.17 Å². The van der Waals surface area contributed by atoms with Gasteiger partial charge in [-0.1, -0.05) is 0 Å². The number of nitrogens with two attached hydrogens (primary N) is 1. The fourth-order valence-corrected chi connectivity index (χ4v) is 2.28. The van der Waals surface area contributed by atoms with E-state index in [2.05, 4.69) is 0 Å². The van der Waals surface area contributed by atoms with E-state index in [1.165, 1.54) is 0 Å². The Morgan fingerprint density at radius 2 is 1.64 bits per heavy atom. The van der Waals surface area contributed by atoms with Crippen molar-refractivity contribution in [1.82, 2.24) is 0 Å². The summed E-state index contributed by atoms with van der Waals surface area (Å²) in [5.74, 6) is 0. The van der Waals surface area contributed by atoms with Crippen LogP contribution in [0.25, 0.3) is 0 Å². The maximum absolute atomic E-state index is 12.5. The fourth-order valence-electron chi connectivity index (χ4n) is 1.35. The highest BCUT2D eigenvalue weighted by Gasteiger charge is 2.27. The third-order valence-electron chi connectivity index (χ3n) is 2.07. The number of halogens is 1. The van der Waals surface area contributed by atoms with E-state index in [0.717, 1.165) is 0 Å². The molecule has 0 saturated heterocycles. The van der Waals surface area contributed by atoms with Crippen LogP contribution in [0.3, 0.4) is 0 Å². The van der Waals surface area contributed by atoms with E-state index in [1.54, 1.807) is 0 Å². The van der Waals surface area contributed by atoms with Gasteiger partial charge in [-0.15, -0.1) is 0 Å². The second-order valence-corrected chi connectivity index (χ2v) is 4.81. The molecule has 0 spiro atoms. The van der Waals surface area contributed by atoms with E-state index in [0.29, 0.717) is 25.7 Å². The third-order valence-corrected chi connectivity index (χ3v) is 3.47. The highest BCUT2D eigenvalue weighted by Crippen LogP contribution is 2.24. The Hall–Kier alpha value is -0.160. The topological polar surface area (TPSA) is 60.2 Å². The SMILES string of the molecule is NS(=O)(=O)C1CCC(F)CC1. The average molecular weight is 181 g/mol. The van der Waals surface area contributed by atoms with Gasteiger partial charge >= 0.3 is 0 Å². The third kappa shape index (κ3) is 2.41. The van der Waals surface area contributed by atoms with Gasteiger partial charge in [0.15, 0.2) is 0 Å². The molecule has 5 heteroatoms. The van der Waals surface area contributed by atoms with Crippen LogP contribution in [-0.4, -0.2) is 19.8 Å². The second kappa shape index (κ2) is 3.06. The number of alkyl halides is 1. The first kappa shape index (κ1) is 8.93. The van der Waals surface area contributed by atoms with Gasteiger partial charge in [0.25, 0.3) is 0 Å². The van der Waals surface area contributed by atoms with Gasteiger partial charge < -0.3 is 0 Å². The number of sulfonamides is 1.